The largest absolute Gasteiger partial charge is 0.513 e. The number of nitrogens with zero attached hydrogens (tertiary/aromatic N) is 1. The van der Waals surface area contributed by atoms with E-state index in [9.17, 15) is 4.79 Å². The number of hydrogen-bond donors (Lipinski definition) is 0. The van der Waals surface area contributed by atoms with Crippen molar-refractivity contribution in [1.82, 2.24) is 4.57 Å². The molecule has 1 fully saturated rings. The van der Waals surface area contributed by atoms with Crippen LogP contribution in [0.25, 0.3) is 10.9 Å². The second-order valence-corrected chi connectivity index (χ2v) is 9.78. The minimum Gasteiger partial charge on any atom is -0.496 e. The molecule has 6 nitrogen and oxygen atoms in total. The first-order valence-corrected chi connectivity index (χ1v) is 10.0. The van der Waals surface area contributed by atoms with E-state index in [1.54, 1.807) is 13.2 Å². The lowest BCUT2D eigenvalue weighted by molar-refractivity contribution is 0.00578. The highest BCUT2D eigenvalue weighted by molar-refractivity contribution is 9.10. The summed E-state index contributed by atoms with van der Waals surface area (Å²) in [7, 11) is 0.897. The Morgan fingerprint density at radius 3 is 2.21 bits per heavy atom. The SMILES string of the molecule is COc1ccc2c(cc(B3OC(C)(C)C(C)(C)O3)n2C(=O)OC(C)(C)C)c1Br. The van der Waals surface area contributed by atoms with Gasteiger partial charge in [-0.1, -0.05) is 0 Å². The maximum absolute atomic E-state index is 13.1. The summed E-state index contributed by atoms with van der Waals surface area (Å²) in [6.45, 7) is 13.4. The van der Waals surface area contributed by atoms with Crippen LogP contribution in [0.15, 0.2) is 22.7 Å². The zero-order valence-corrected chi connectivity index (χ0v) is 19.3. The molecule has 28 heavy (non-hydrogen) atoms. The van der Waals surface area contributed by atoms with Gasteiger partial charge in [-0.2, -0.15) is 0 Å². The van der Waals surface area contributed by atoms with E-state index in [4.69, 9.17) is 18.8 Å². The van der Waals surface area contributed by atoms with Gasteiger partial charge in [0.05, 0.1) is 33.9 Å². The van der Waals surface area contributed by atoms with Gasteiger partial charge in [0, 0.05) is 5.39 Å². The van der Waals surface area contributed by atoms with Crippen LogP contribution in [0.3, 0.4) is 0 Å². The van der Waals surface area contributed by atoms with Crippen LogP contribution < -0.4 is 10.3 Å². The molecule has 0 bridgehead atoms. The molecule has 0 spiro atoms. The molecule has 3 rings (SSSR count). The molecule has 8 heteroatoms. The number of hydrogen-bond acceptors (Lipinski definition) is 5. The molecule has 2 heterocycles. The fourth-order valence-corrected chi connectivity index (χ4v) is 3.66. The standard InChI is InChI=1S/C20H27BBrNO5/c1-18(2,3)26-17(24)23-13-9-10-14(25-8)16(22)12(13)11-15(23)21-27-19(4,5)20(6,7)28-21/h9-11H,1-8H3. The fourth-order valence-electron chi connectivity index (χ4n) is 3.05. The van der Waals surface area contributed by atoms with E-state index in [1.807, 2.05) is 60.6 Å². The molecular weight excluding hydrogens is 425 g/mol. The van der Waals surface area contributed by atoms with Gasteiger partial charge in [0.2, 0.25) is 0 Å². The predicted octanol–water partition coefficient (Wildman–Crippen LogP) is 4.49. The van der Waals surface area contributed by atoms with Crippen LogP contribution in [-0.4, -0.2) is 41.7 Å². The third-order valence-corrected chi connectivity index (χ3v) is 6.02. The molecule has 1 aromatic carbocycles. The van der Waals surface area contributed by atoms with Crippen molar-refractivity contribution in [1.29, 1.82) is 0 Å². The smallest absolute Gasteiger partial charge is 0.496 e. The molecule has 2 aromatic rings. The number of methoxy groups -OCH3 is 1. The monoisotopic (exact) mass is 451 g/mol. The fraction of sp³-hybridized carbons (Fsp3) is 0.550. The van der Waals surface area contributed by atoms with E-state index in [2.05, 4.69) is 15.9 Å². The van der Waals surface area contributed by atoms with Crippen molar-refractivity contribution in [3.8, 4) is 5.75 Å². The second kappa shape index (κ2) is 6.78. The van der Waals surface area contributed by atoms with Gasteiger partial charge >= 0.3 is 13.2 Å². The van der Waals surface area contributed by atoms with Gasteiger partial charge in [-0.25, -0.2) is 4.79 Å². The van der Waals surface area contributed by atoms with Crippen molar-refractivity contribution in [3.05, 3.63) is 22.7 Å². The molecule has 0 amide bonds. The van der Waals surface area contributed by atoms with Crippen LogP contribution in [0, 0.1) is 0 Å². The molecule has 1 aliphatic heterocycles. The maximum atomic E-state index is 13.1. The van der Waals surface area contributed by atoms with Crippen molar-refractivity contribution in [2.45, 2.75) is 65.3 Å². The number of benzene rings is 1. The van der Waals surface area contributed by atoms with Crippen LogP contribution in [0.4, 0.5) is 4.79 Å². The Kier molecular flexibility index (Phi) is 5.14. The van der Waals surface area contributed by atoms with Crippen LogP contribution in [0.1, 0.15) is 48.5 Å². The molecule has 0 aliphatic carbocycles. The van der Waals surface area contributed by atoms with Gasteiger partial charge < -0.3 is 18.8 Å². The number of carbonyl (C=O) groups is 1. The van der Waals surface area contributed by atoms with E-state index in [0.29, 0.717) is 16.9 Å². The molecular formula is C20H27BBrNO5. The number of aromatic nitrogens is 1. The number of ether oxygens (including phenoxy) is 2. The molecule has 152 valence electrons. The molecule has 1 aliphatic rings. The average molecular weight is 452 g/mol. The Balaban J connectivity index is 2.20. The summed E-state index contributed by atoms with van der Waals surface area (Å²) in [5.41, 5.74) is -0.419. The third-order valence-electron chi connectivity index (χ3n) is 5.20. The van der Waals surface area contributed by atoms with Crippen molar-refractivity contribution >= 4 is 45.6 Å². The summed E-state index contributed by atoms with van der Waals surface area (Å²) in [6.07, 6.45) is -0.482. The Labute approximate surface area is 174 Å². The highest BCUT2D eigenvalue weighted by Crippen LogP contribution is 2.38. The van der Waals surface area contributed by atoms with Crippen molar-refractivity contribution in [2.75, 3.05) is 7.11 Å². The minimum atomic E-state index is -0.706. The minimum absolute atomic E-state index is 0.482. The number of rotatable bonds is 2. The lowest BCUT2D eigenvalue weighted by atomic mass is 9.84. The predicted molar refractivity (Wildman–Crippen MR) is 114 cm³/mol. The Morgan fingerprint density at radius 1 is 1.14 bits per heavy atom. The zero-order valence-electron chi connectivity index (χ0n) is 17.7. The lowest BCUT2D eigenvalue weighted by Crippen LogP contribution is -2.43. The van der Waals surface area contributed by atoms with E-state index >= 15 is 0 Å². The average Bonchev–Trinajstić information content (AvgIpc) is 3.02. The topological polar surface area (TPSA) is 58.9 Å². The lowest BCUT2D eigenvalue weighted by Gasteiger charge is -2.32. The number of fused-ring (bicyclic) bond motifs is 1. The van der Waals surface area contributed by atoms with Crippen LogP contribution >= 0.6 is 15.9 Å². The Hall–Kier alpha value is -1.51. The highest BCUT2D eigenvalue weighted by Gasteiger charge is 2.53. The normalized spacial score (nSPS) is 18.5. The van der Waals surface area contributed by atoms with Gasteiger partial charge in [-0.05, 0) is 82.6 Å². The number of carbonyl (C=O) groups excluding carboxylic acids is 1. The number of halogens is 1. The van der Waals surface area contributed by atoms with E-state index in [0.717, 1.165) is 9.86 Å². The first-order chi connectivity index (χ1) is 12.8. The second-order valence-electron chi connectivity index (χ2n) is 8.99. The summed E-state index contributed by atoms with van der Waals surface area (Å²) in [5, 5.41) is 0.815. The molecule has 0 atom stereocenters. The molecule has 0 radical (unpaired) electrons. The zero-order chi connectivity index (χ0) is 21.1. The molecule has 0 saturated carbocycles. The van der Waals surface area contributed by atoms with Gasteiger partial charge in [-0.3, -0.25) is 4.57 Å². The summed E-state index contributed by atoms with van der Waals surface area (Å²) < 4.78 is 25.7. The third kappa shape index (κ3) is 3.58. The van der Waals surface area contributed by atoms with Gasteiger partial charge in [0.25, 0.3) is 0 Å². The summed E-state index contributed by atoms with van der Waals surface area (Å²) >= 11 is 3.58. The van der Waals surface area contributed by atoms with Gasteiger partial charge in [0.15, 0.2) is 0 Å². The van der Waals surface area contributed by atoms with Crippen LogP contribution in [-0.2, 0) is 14.0 Å². The first-order valence-electron chi connectivity index (χ1n) is 9.24. The molecule has 0 unspecified atom stereocenters. The summed E-state index contributed by atoms with van der Waals surface area (Å²) in [5.74, 6) is 0.675. The quantitative estimate of drug-likeness (QED) is 0.629. The first kappa shape index (κ1) is 21.2. The van der Waals surface area contributed by atoms with Crippen LogP contribution in [0.2, 0.25) is 0 Å². The van der Waals surface area contributed by atoms with Gasteiger partial charge in [0.1, 0.15) is 11.4 Å². The van der Waals surface area contributed by atoms with E-state index in [1.165, 1.54) is 4.57 Å². The molecule has 1 saturated heterocycles. The molecule has 1 aromatic heterocycles. The van der Waals surface area contributed by atoms with E-state index < -0.39 is 30.0 Å². The Bertz CT molecular complexity index is 913. The Morgan fingerprint density at radius 2 is 1.71 bits per heavy atom. The highest BCUT2D eigenvalue weighted by atomic mass is 79.9. The van der Waals surface area contributed by atoms with Crippen molar-refractivity contribution in [3.63, 3.8) is 0 Å². The van der Waals surface area contributed by atoms with Crippen LogP contribution in [0.5, 0.6) is 5.75 Å². The van der Waals surface area contributed by atoms with Gasteiger partial charge in [-0.15, -0.1) is 0 Å². The van der Waals surface area contributed by atoms with E-state index in [-0.39, 0.29) is 0 Å². The summed E-state index contributed by atoms with van der Waals surface area (Å²) in [6, 6.07) is 5.52. The van der Waals surface area contributed by atoms with Crippen molar-refractivity contribution in [2.24, 2.45) is 0 Å². The summed E-state index contributed by atoms with van der Waals surface area (Å²) in [4.78, 5) is 13.1. The molecule has 0 N–H and O–H groups in total. The maximum Gasteiger partial charge on any atom is 0.513 e. The van der Waals surface area contributed by atoms with Crippen molar-refractivity contribution < 1.29 is 23.6 Å².